The van der Waals surface area contributed by atoms with E-state index in [1.165, 1.54) is 23.0 Å². The molecular weight excluding hydrogens is 526 g/mol. The van der Waals surface area contributed by atoms with Crippen LogP contribution in [0.2, 0.25) is 0 Å². The van der Waals surface area contributed by atoms with Crippen molar-refractivity contribution in [2.75, 3.05) is 6.54 Å². The maximum Gasteiger partial charge on any atom is 0.251 e. The second kappa shape index (κ2) is 11.6. The largest absolute Gasteiger partial charge is 0.340 e. The van der Waals surface area contributed by atoms with Crippen LogP contribution in [-0.2, 0) is 26.2 Å². The fourth-order valence-electron chi connectivity index (χ4n) is 5.80. The summed E-state index contributed by atoms with van der Waals surface area (Å²) < 4.78 is 0. The van der Waals surface area contributed by atoms with Crippen molar-refractivity contribution in [3.05, 3.63) is 95.1 Å². The molecule has 7 heteroatoms. The summed E-state index contributed by atoms with van der Waals surface area (Å²) in [5.41, 5.74) is 6.33. The number of likely N-dealkylation sites (tertiary alicyclic amines) is 1. The maximum absolute atomic E-state index is 14.0. The molecule has 2 saturated heterocycles. The second-order valence-electron chi connectivity index (χ2n) is 12.6. The van der Waals surface area contributed by atoms with E-state index >= 15 is 0 Å². The van der Waals surface area contributed by atoms with Gasteiger partial charge in [0, 0.05) is 18.0 Å². The van der Waals surface area contributed by atoms with Crippen LogP contribution in [0, 0.1) is 6.92 Å². The lowest BCUT2D eigenvalue weighted by Crippen LogP contribution is -2.56. The summed E-state index contributed by atoms with van der Waals surface area (Å²) in [6, 6.07) is 21.1. The molecular formula is C35H39N3O4. The third kappa shape index (κ3) is 6.07. The normalized spacial score (nSPS) is 20.7. The van der Waals surface area contributed by atoms with E-state index in [4.69, 9.17) is 0 Å². The molecule has 0 saturated carbocycles. The Morgan fingerprint density at radius 2 is 1.52 bits per heavy atom. The maximum atomic E-state index is 14.0. The number of benzene rings is 3. The van der Waals surface area contributed by atoms with Gasteiger partial charge in [0.05, 0.1) is 12.6 Å². The third-order valence-electron chi connectivity index (χ3n) is 8.48. The van der Waals surface area contributed by atoms with E-state index in [0.717, 1.165) is 16.7 Å². The van der Waals surface area contributed by atoms with Crippen LogP contribution in [0.25, 0.3) is 11.1 Å². The summed E-state index contributed by atoms with van der Waals surface area (Å²) in [5.74, 6) is -1.03. The van der Waals surface area contributed by atoms with Gasteiger partial charge < -0.3 is 15.5 Å². The Balaban J connectivity index is 0.000000513. The van der Waals surface area contributed by atoms with Gasteiger partial charge in [0.15, 0.2) is 11.6 Å². The Bertz CT molecular complexity index is 1470. The fourth-order valence-corrected chi connectivity index (χ4v) is 5.80. The third-order valence-corrected chi connectivity index (χ3v) is 8.48. The van der Waals surface area contributed by atoms with Gasteiger partial charge in [-0.3, -0.25) is 19.2 Å². The molecule has 2 aromatic rings. The zero-order valence-corrected chi connectivity index (χ0v) is 24.9. The summed E-state index contributed by atoms with van der Waals surface area (Å²) in [6.45, 7) is 9.92. The highest BCUT2D eigenvalue weighted by Gasteiger charge is 2.53. The zero-order chi connectivity index (χ0) is 30.2. The van der Waals surface area contributed by atoms with Crippen LogP contribution in [0.5, 0.6) is 0 Å². The van der Waals surface area contributed by atoms with Gasteiger partial charge in [0.1, 0.15) is 12.1 Å². The quantitative estimate of drug-likeness (QED) is 0.361. The number of fused-ring (bicyclic) bond motifs is 2. The highest BCUT2D eigenvalue weighted by Crippen LogP contribution is 2.31. The number of aryl methyl sites for hydroxylation is 1. The van der Waals surface area contributed by atoms with Gasteiger partial charge >= 0.3 is 0 Å². The summed E-state index contributed by atoms with van der Waals surface area (Å²) in [7, 11) is 0. The average molecular weight is 566 g/mol. The fraction of sp³-hybridized carbons (Fsp3) is 0.371. The number of nitrogens with zero attached hydrogens (tertiary/aromatic N) is 1. The van der Waals surface area contributed by atoms with Gasteiger partial charge in [-0.05, 0) is 60.1 Å². The smallest absolute Gasteiger partial charge is 0.251 e. The summed E-state index contributed by atoms with van der Waals surface area (Å²) in [4.78, 5) is 53.8. The number of carbonyl (C=O) groups is 4. The number of nitrogens with one attached hydrogen (secondary N) is 2. The predicted molar refractivity (Wildman–Crippen MR) is 163 cm³/mol. The van der Waals surface area contributed by atoms with Crippen molar-refractivity contribution in [1.29, 1.82) is 0 Å². The molecule has 2 aromatic carbocycles. The molecule has 0 aromatic heterocycles. The van der Waals surface area contributed by atoms with Gasteiger partial charge in [0.2, 0.25) is 5.91 Å². The van der Waals surface area contributed by atoms with Crippen LogP contribution < -0.4 is 10.6 Å². The number of hydrogen-bond donors (Lipinski definition) is 2. The molecule has 3 unspecified atom stereocenters. The lowest BCUT2D eigenvalue weighted by atomic mass is 9.86. The molecule has 42 heavy (non-hydrogen) atoms. The van der Waals surface area contributed by atoms with Crippen molar-refractivity contribution in [2.24, 2.45) is 0 Å². The Hall–Kier alpha value is -4.10. The van der Waals surface area contributed by atoms with Gasteiger partial charge in [0.25, 0.3) is 5.91 Å². The van der Waals surface area contributed by atoms with E-state index in [0.29, 0.717) is 12.0 Å². The van der Waals surface area contributed by atoms with E-state index in [1.807, 2.05) is 43.3 Å². The molecule has 4 atom stereocenters. The molecule has 2 fully saturated rings. The predicted octanol–water partition coefficient (Wildman–Crippen LogP) is 4.40. The van der Waals surface area contributed by atoms with E-state index in [1.54, 1.807) is 12.1 Å². The molecule has 218 valence electrons. The minimum Gasteiger partial charge on any atom is -0.340 e. The number of carbonyl (C=O) groups excluding carboxylic acids is 4. The zero-order valence-electron chi connectivity index (χ0n) is 24.9. The van der Waals surface area contributed by atoms with Crippen molar-refractivity contribution in [3.63, 3.8) is 0 Å². The van der Waals surface area contributed by atoms with Crippen molar-refractivity contribution in [2.45, 2.75) is 77.0 Å². The summed E-state index contributed by atoms with van der Waals surface area (Å²) >= 11 is 0. The highest BCUT2D eigenvalue weighted by molar-refractivity contribution is 6.01. The molecule has 7 nitrogen and oxygen atoms in total. The topological polar surface area (TPSA) is 95.6 Å². The molecule has 2 aliphatic heterocycles. The SMILES string of the molecule is CC(=O)C1CC2NCC(=O)C2N1C(=O)[C@H](Cc1ccc(C)cc1)NC(=O)c1ccc(C(C)(C)C)cc1.c1cc2ccc1-2. The first-order valence-electron chi connectivity index (χ1n) is 14.6. The standard InChI is InChI=1S/C29H35N3O4.C6H4/c1-17-6-8-19(9-7-17)14-23(31-27(35)20-10-12-21(13-11-20)29(3,4)5)28(36)32-24(18(2)33)15-22-26(32)25(34)16-30-22;1-2-6-4-3-5(1)6/h6-13,22-24,26,30H,14-16H2,1-5H3,(H,31,35);1-4H/t22?,23-,24?,26?;/m0./s1. The van der Waals surface area contributed by atoms with Crippen LogP contribution in [-0.4, -0.2) is 59.0 Å². The lowest BCUT2D eigenvalue weighted by molar-refractivity contribution is -0.143. The lowest BCUT2D eigenvalue weighted by Gasteiger charge is -2.31. The first-order valence-corrected chi connectivity index (χ1v) is 14.6. The van der Waals surface area contributed by atoms with Gasteiger partial charge in [-0.2, -0.15) is 0 Å². The molecule has 0 spiro atoms. The summed E-state index contributed by atoms with van der Waals surface area (Å²) in [5, 5.41) is 6.05. The van der Waals surface area contributed by atoms with Gasteiger partial charge in [-0.1, -0.05) is 87.0 Å². The molecule has 6 rings (SSSR count). The summed E-state index contributed by atoms with van der Waals surface area (Å²) in [6.07, 6.45) is 0.655. The Labute approximate surface area is 247 Å². The first-order chi connectivity index (χ1) is 19.9. The molecule has 2 amide bonds. The monoisotopic (exact) mass is 565 g/mol. The van der Waals surface area contributed by atoms with Crippen molar-refractivity contribution in [1.82, 2.24) is 15.5 Å². The van der Waals surface area contributed by atoms with Gasteiger partial charge in [-0.25, -0.2) is 0 Å². The molecule has 2 N–H and O–H groups in total. The van der Waals surface area contributed by atoms with Crippen LogP contribution in [0.1, 0.15) is 61.2 Å². The molecule has 2 aliphatic carbocycles. The van der Waals surface area contributed by atoms with Crippen LogP contribution in [0.15, 0.2) is 72.8 Å². The molecule has 0 bridgehead atoms. The Morgan fingerprint density at radius 3 is 2.02 bits per heavy atom. The molecule has 4 aliphatic rings. The van der Waals surface area contributed by atoms with Crippen LogP contribution in [0.4, 0.5) is 0 Å². The second-order valence-corrected chi connectivity index (χ2v) is 12.6. The first kappa shape index (κ1) is 29.4. The highest BCUT2D eigenvalue weighted by atomic mass is 16.2. The van der Waals surface area contributed by atoms with Crippen molar-refractivity contribution in [3.8, 4) is 11.1 Å². The Kier molecular flexibility index (Phi) is 8.15. The minimum atomic E-state index is -0.920. The van der Waals surface area contributed by atoms with E-state index < -0.39 is 24.0 Å². The number of hydrogen-bond acceptors (Lipinski definition) is 5. The number of ketones is 2. The van der Waals surface area contributed by atoms with E-state index in [9.17, 15) is 19.2 Å². The number of rotatable bonds is 6. The molecule has 0 radical (unpaired) electrons. The van der Waals surface area contributed by atoms with E-state index in [2.05, 4.69) is 55.7 Å². The van der Waals surface area contributed by atoms with Crippen molar-refractivity contribution >= 4 is 23.4 Å². The minimum absolute atomic E-state index is 0.0468. The average Bonchev–Trinajstić information content (AvgIpc) is 3.50. The van der Waals surface area contributed by atoms with E-state index in [-0.39, 0.29) is 41.9 Å². The van der Waals surface area contributed by atoms with Crippen molar-refractivity contribution < 1.29 is 19.2 Å². The van der Waals surface area contributed by atoms with Crippen LogP contribution >= 0.6 is 0 Å². The Morgan fingerprint density at radius 1 is 0.929 bits per heavy atom. The van der Waals surface area contributed by atoms with Gasteiger partial charge in [-0.15, -0.1) is 0 Å². The number of amides is 2. The number of Topliss-reactive ketones (excluding diaryl/α,β-unsaturated/α-hetero) is 2. The van der Waals surface area contributed by atoms with Crippen LogP contribution in [0.3, 0.4) is 0 Å². The molecule has 2 heterocycles.